The summed E-state index contributed by atoms with van der Waals surface area (Å²) in [7, 11) is 0. The van der Waals surface area contributed by atoms with Gasteiger partial charge in [0.25, 0.3) is 0 Å². The second kappa shape index (κ2) is 6.85. The molecule has 0 aliphatic carbocycles. The van der Waals surface area contributed by atoms with Crippen molar-refractivity contribution in [2.45, 2.75) is 19.9 Å². The lowest BCUT2D eigenvalue weighted by atomic mass is 10.1. The van der Waals surface area contributed by atoms with Crippen molar-refractivity contribution in [1.29, 1.82) is 0 Å². The van der Waals surface area contributed by atoms with Crippen molar-refractivity contribution >= 4 is 5.96 Å². The van der Waals surface area contributed by atoms with Crippen molar-refractivity contribution in [3.63, 3.8) is 0 Å². The van der Waals surface area contributed by atoms with Crippen molar-refractivity contribution < 1.29 is 8.78 Å². The molecule has 1 atom stereocenters. The van der Waals surface area contributed by atoms with Gasteiger partial charge in [-0.1, -0.05) is 13.8 Å². The highest BCUT2D eigenvalue weighted by molar-refractivity contribution is 5.80. The molecule has 0 aromatic heterocycles. The second-order valence-corrected chi connectivity index (χ2v) is 5.10. The zero-order chi connectivity index (χ0) is 15.4. The molecule has 21 heavy (non-hydrogen) atoms. The molecule has 0 amide bonds. The Labute approximate surface area is 124 Å². The van der Waals surface area contributed by atoms with Crippen LogP contribution in [0.15, 0.2) is 23.2 Å². The monoisotopic (exact) mass is 296 g/mol. The summed E-state index contributed by atoms with van der Waals surface area (Å²) in [5, 5.41) is 0. The van der Waals surface area contributed by atoms with Crippen molar-refractivity contribution in [3.05, 3.63) is 35.4 Å². The van der Waals surface area contributed by atoms with Crippen molar-refractivity contribution in [2.24, 2.45) is 10.7 Å². The van der Waals surface area contributed by atoms with Gasteiger partial charge in [0, 0.05) is 18.7 Å². The number of nitrogens with two attached hydrogens (primary N) is 1. The summed E-state index contributed by atoms with van der Waals surface area (Å²) in [6.45, 7) is 7.91. The summed E-state index contributed by atoms with van der Waals surface area (Å²) in [5.74, 6) is -0.462. The average Bonchev–Trinajstić information content (AvgIpc) is 2.84. The van der Waals surface area contributed by atoms with E-state index >= 15 is 0 Å². The quantitative estimate of drug-likeness (QED) is 0.873. The third kappa shape index (κ3) is 3.50. The van der Waals surface area contributed by atoms with Gasteiger partial charge in [0.1, 0.15) is 11.6 Å². The smallest absolute Gasteiger partial charge is 0.191 e. The summed E-state index contributed by atoms with van der Waals surface area (Å²) >= 11 is 0. The first-order valence-corrected chi connectivity index (χ1v) is 7.30. The van der Waals surface area contributed by atoms with E-state index in [9.17, 15) is 8.78 Å². The Hall–Kier alpha value is -1.69. The molecular formula is C15H22F2N4. The Kier molecular flexibility index (Phi) is 5.12. The highest BCUT2D eigenvalue weighted by atomic mass is 19.1. The number of aliphatic imine (C=N–C) groups is 1. The Balaban J connectivity index is 2.14. The minimum atomic E-state index is -0.444. The third-order valence-electron chi connectivity index (χ3n) is 3.97. The molecule has 1 aromatic carbocycles. The zero-order valence-corrected chi connectivity index (χ0v) is 12.5. The molecule has 1 aliphatic heterocycles. The fourth-order valence-electron chi connectivity index (χ4n) is 2.62. The van der Waals surface area contributed by atoms with E-state index in [4.69, 9.17) is 5.73 Å². The summed E-state index contributed by atoms with van der Waals surface area (Å²) < 4.78 is 27.3. The highest BCUT2D eigenvalue weighted by Crippen LogP contribution is 2.28. The van der Waals surface area contributed by atoms with Gasteiger partial charge in [-0.2, -0.15) is 0 Å². The molecule has 116 valence electrons. The normalized spacial score (nSPS) is 18.4. The molecule has 0 bridgehead atoms. The minimum Gasteiger partial charge on any atom is -0.370 e. The molecule has 2 rings (SSSR count). The lowest BCUT2D eigenvalue weighted by Gasteiger charge is -2.29. The number of guanidine groups is 1. The molecule has 2 N–H and O–H groups in total. The molecule has 0 saturated carbocycles. The molecule has 0 radical (unpaired) electrons. The SMILES string of the molecule is CCN(CC)CCN1C(N)=NCC1c1cc(F)ccc1F. The van der Waals surface area contributed by atoms with Crippen LogP contribution in [0.2, 0.25) is 0 Å². The number of rotatable bonds is 6. The number of benzene rings is 1. The van der Waals surface area contributed by atoms with Gasteiger partial charge in [-0.05, 0) is 31.3 Å². The molecule has 4 nitrogen and oxygen atoms in total. The summed E-state index contributed by atoms with van der Waals surface area (Å²) in [6, 6.07) is 3.19. The van der Waals surface area contributed by atoms with E-state index in [1.807, 2.05) is 4.90 Å². The van der Waals surface area contributed by atoms with E-state index in [-0.39, 0.29) is 6.04 Å². The predicted molar refractivity (Wildman–Crippen MR) is 80.1 cm³/mol. The van der Waals surface area contributed by atoms with Crippen LogP contribution >= 0.6 is 0 Å². The van der Waals surface area contributed by atoms with Crippen LogP contribution in [0.4, 0.5) is 8.78 Å². The predicted octanol–water partition coefficient (Wildman–Crippen LogP) is 1.98. The summed E-state index contributed by atoms with van der Waals surface area (Å²) in [6.07, 6.45) is 0. The molecule has 0 saturated heterocycles. The van der Waals surface area contributed by atoms with Crippen molar-refractivity contribution in [2.75, 3.05) is 32.7 Å². The number of likely N-dealkylation sites (N-methyl/N-ethyl adjacent to an activating group) is 1. The average molecular weight is 296 g/mol. The first-order chi connectivity index (χ1) is 10.1. The van der Waals surface area contributed by atoms with Crippen molar-refractivity contribution in [1.82, 2.24) is 9.80 Å². The lowest BCUT2D eigenvalue weighted by molar-refractivity contribution is 0.246. The van der Waals surface area contributed by atoms with Crippen LogP contribution in [0.3, 0.4) is 0 Å². The van der Waals surface area contributed by atoms with Crippen LogP contribution in [-0.4, -0.2) is 48.5 Å². The standard InChI is InChI=1S/C15H22F2N4/c1-3-20(4-2)7-8-21-14(10-19-15(21)18)12-9-11(16)5-6-13(12)17/h5-6,9,14H,3-4,7-8,10H2,1-2H3,(H2,18,19). The maximum atomic E-state index is 14.0. The largest absolute Gasteiger partial charge is 0.370 e. The number of halogens is 2. The Morgan fingerprint density at radius 2 is 2.05 bits per heavy atom. The van der Waals surface area contributed by atoms with Gasteiger partial charge in [-0.15, -0.1) is 0 Å². The topological polar surface area (TPSA) is 44.9 Å². The minimum absolute atomic E-state index is 0.318. The summed E-state index contributed by atoms with van der Waals surface area (Å²) in [4.78, 5) is 8.30. The van der Waals surface area contributed by atoms with Gasteiger partial charge in [0.05, 0.1) is 12.6 Å². The molecule has 1 aromatic rings. The van der Waals surface area contributed by atoms with Crippen LogP contribution in [0.25, 0.3) is 0 Å². The van der Waals surface area contributed by atoms with Gasteiger partial charge in [0.2, 0.25) is 0 Å². The molecule has 0 spiro atoms. The number of nitrogens with zero attached hydrogens (tertiary/aromatic N) is 3. The van der Waals surface area contributed by atoms with E-state index in [1.54, 1.807) is 0 Å². The maximum Gasteiger partial charge on any atom is 0.191 e. The van der Waals surface area contributed by atoms with Crippen LogP contribution in [0.1, 0.15) is 25.5 Å². The third-order valence-corrected chi connectivity index (χ3v) is 3.97. The molecular weight excluding hydrogens is 274 g/mol. The van der Waals surface area contributed by atoms with E-state index in [0.717, 1.165) is 31.8 Å². The van der Waals surface area contributed by atoms with Crippen LogP contribution in [0.5, 0.6) is 0 Å². The first-order valence-electron chi connectivity index (χ1n) is 7.30. The first kappa shape index (κ1) is 15.7. The second-order valence-electron chi connectivity index (χ2n) is 5.10. The van der Waals surface area contributed by atoms with Crippen molar-refractivity contribution in [3.8, 4) is 0 Å². The van der Waals surface area contributed by atoms with Gasteiger partial charge in [-0.25, -0.2) is 8.78 Å². The molecule has 1 unspecified atom stereocenters. The lowest BCUT2D eigenvalue weighted by Crippen LogP contribution is -2.41. The van der Waals surface area contributed by atoms with E-state index in [0.29, 0.717) is 24.6 Å². The van der Waals surface area contributed by atoms with Crippen LogP contribution in [0, 0.1) is 11.6 Å². The summed E-state index contributed by atoms with van der Waals surface area (Å²) in [5.41, 5.74) is 6.22. The fraction of sp³-hybridized carbons (Fsp3) is 0.533. The van der Waals surface area contributed by atoms with E-state index < -0.39 is 11.6 Å². The van der Waals surface area contributed by atoms with Gasteiger partial charge < -0.3 is 15.5 Å². The zero-order valence-electron chi connectivity index (χ0n) is 12.5. The van der Waals surface area contributed by atoms with Gasteiger partial charge in [-0.3, -0.25) is 4.99 Å². The number of hydrogen-bond acceptors (Lipinski definition) is 4. The molecule has 1 heterocycles. The van der Waals surface area contributed by atoms with Gasteiger partial charge in [0.15, 0.2) is 5.96 Å². The highest BCUT2D eigenvalue weighted by Gasteiger charge is 2.29. The van der Waals surface area contributed by atoms with E-state index in [2.05, 4.69) is 23.7 Å². The molecule has 1 aliphatic rings. The van der Waals surface area contributed by atoms with Crippen LogP contribution in [-0.2, 0) is 0 Å². The maximum absolute atomic E-state index is 14.0. The van der Waals surface area contributed by atoms with Crippen LogP contribution < -0.4 is 5.73 Å². The fourth-order valence-corrected chi connectivity index (χ4v) is 2.62. The van der Waals surface area contributed by atoms with Gasteiger partial charge >= 0.3 is 0 Å². The molecule has 0 fully saturated rings. The van der Waals surface area contributed by atoms with E-state index in [1.165, 1.54) is 6.07 Å². The molecule has 6 heteroatoms. The Morgan fingerprint density at radius 3 is 2.71 bits per heavy atom. The number of hydrogen-bond donors (Lipinski definition) is 1. The Morgan fingerprint density at radius 1 is 1.33 bits per heavy atom. The Bertz CT molecular complexity index is 514.